The molecular formula is C33H38Cl2N4O4. The largest absolute Gasteiger partial charge is 0.495 e. The number of fused-ring (bicyclic) bond motifs is 1. The molecule has 0 radical (unpaired) electrons. The predicted octanol–water partition coefficient (Wildman–Crippen LogP) is 5.96. The summed E-state index contributed by atoms with van der Waals surface area (Å²) in [5, 5.41) is 6.82. The fraction of sp³-hybridized carbons (Fsp3) is 0.364. The lowest BCUT2D eigenvalue weighted by Crippen LogP contribution is -2.40. The molecule has 2 aliphatic rings. The first-order valence-corrected chi connectivity index (χ1v) is 14.8. The minimum atomic E-state index is -0.337. The van der Waals surface area contributed by atoms with E-state index < -0.39 is 0 Å². The van der Waals surface area contributed by atoms with Gasteiger partial charge in [0.2, 0.25) is 5.91 Å². The van der Waals surface area contributed by atoms with Crippen molar-refractivity contribution < 1.29 is 19.1 Å². The van der Waals surface area contributed by atoms with Gasteiger partial charge in [-0.05, 0) is 111 Å². The molecule has 2 heterocycles. The van der Waals surface area contributed by atoms with Gasteiger partial charge in [0.05, 0.1) is 12.8 Å². The van der Waals surface area contributed by atoms with Crippen LogP contribution in [0, 0.1) is 18.8 Å². The maximum Gasteiger partial charge on any atom is 0.258 e. The van der Waals surface area contributed by atoms with Gasteiger partial charge in [0, 0.05) is 34.3 Å². The Bertz CT molecular complexity index is 1490. The van der Waals surface area contributed by atoms with E-state index in [0.29, 0.717) is 40.6 Å². The molecule has 2 aliphatic heterocycles. The van der Waals surface area contributed by atoms with Gasteiger partial charge in [0.25, 0.3) is 11.8 Å². The monoisotopic (exact) mass is 624 g/mol. The first-order chi connectivity index (χ1) is 20.3. The van der Waals surface area contributed by atoms with E-state index in [2.05, 4.69) is 10.6 Å². The molecule has 3 amide bonds. The topological polar surface area (TPSA) is 114 Å². The van der Waals surface area contributed by atoms with Crippen LogP contribution in [0.25, 0.3) is 0 Å². The third-order valence-corrected chi connectivity index (χ3v) is 8.80. The summed E-state index contributed by atoms with van der Waals surface area (Å²) in [6, 6.07) is 17.9. The van der Waals surface area contributed by atoms with Gasteiger partial charge in [-0.1, -0.05) is 29.8 Å². The fourth-order valence-electron chi connectivity index (χ4n) is 6.46. The van der Waals surface area contributed by atoms with Crippen molar-refractivity contribution in [3.05, 3.63) is 87.9 Å². The molecule has 0 aliphatic carbocycles. The lowest BCUT2D eigenvalue weighted by molar-refractivity contribution is -0.124. The molecule has 0 spiro atoms. The average molecular weight is 626 g/mol. The van der Waals surface area contributed by atoms with E-state index in [1.54, 1.807) is 35.2 Å². The van der Waals surface area contributed by atoms with Gasteiger partial charge < -0.3 is 26.0 Å². The Morgan fingerprint density at radius 1 is 1.05 bits per heavy atom. The number of halogens is 2. The number of amides is 3. The van der Waals surface area contributed by atoms with E-state index in [0.717, 1.165) is 49.2 Å². The second-order valence-corrected chi connectivity index (χ2v) is 11.5. The van der Waals surface area contributed by atoms with Crippen molar-refractivity contribution in [3.8, 4) is 5.75 Å². The Morgan fingerprint density at radius 2 is 1.79 bits per heavy atom. The van der Waals surface area contributed by atoms with Gasteiger partial charge in [-0.15, -0.1) is 12.4 Å². The van der Waals surface area contributed by atoms with E-state index in [1.165, 1.54) is 7.11 Å². The van der Waals surface area contributed by atoms with Gasteiger partial charge in [0.15, 0.2) is 0 Å². The Hall–Kier alpha value is -3.59. The number of hydrogen-bond acceptors (Lipinski definition) is 5. The van der Waals surface area contributed by atoms with E-state index in [9.17, 15) is 14.4 Å². The number of nitrogens with one attached hydrogen (secondary N) is 2. The number of rotatable bonds is 7. The molecule has 43 heavy (non-hydrogen) atoms. The molecule has 0 aromatic heterocycles. The van der Waals surface area contributed by atoms with E-state index in [-0.39, 0.29) is 47.9 Å². The second kappa shape index (κ2) is 14.3. The van der Waals surface area contributed by atoms with Crippen molar-refractivity contribution in [2.24, 2.45) is 17.6 Å². The van der Waals surface area contributed by atoms with Crippen LogP contribution in [0.2, 0.25) is 5.02 Å². The second-order valence-electron chi connectivity index (χ2n) is 11.1. The number of methoxy groups -OCH3 is 1. The third-order valence-electron chi connectivity index (χ3n) is 8.56. The number of carbonyl (C=O) groups excluding carboxylic acids is 3. The molecular weight excluding hydrogens is 587 g/mol. The Labute approximate surface area is 263 Å². The average Bonchev–Trinajstić information content (AvgIpc) is 3.17. The summed E-state index contributed by atoms with van der Waals surface area (Å²) in [5.74, 6) is -0.674. The highest BCUT2D eigenvalue weighted by Gasteiger charge is 2.39. The summed E-state index contributed by atoms with van der Waals surface area (Å²) in [6.07, 6.45) is 3.20. The lowest BCUT2D eigenvalue weighted by atomic mass is 9.72. The number of piperidine rings is 1. The van der Waals surface area contributed by atoms with Crippen molar-refractivity contribution in [3.63, 3.8) is 0 Å². The molecule has 0 saturated carbocycles. The van der Waals surface area contributed by atoms with Crippen LogP contribution in [0.4, 0.5) is 11.4 Å². The van der Waals surface area contributed by atoms with Gasteiger partial charge in [-0.2, -0.15) is 0 Å². The third kappa shape index (κ3) is 6.98. The number of benzene rings is 3. The summed E-state index contributed by atoms with van der Waals surface area (Å²) in [4.78, 5) is 41.6. The van der Waals surface area contributed by atoms with Crippen LogP contribution in [0.15, 0.2) is 60.7 Å². The van der Waals surface area contributed by atoms with E-state index >= 15 is 0 Å². The maximum atomic E-state index is 14.0. The van der Waals surface area contributed by atoms with Crippen LogP contribution in [-0.2, 0) is 4.79 Å². The standard InChI is InChI=1S/C33H37ClN4O4.ClH/c1-20-6-3-4-7-24(20)32(40)37-27-11-9-22(18-29(27)42-2)33(41)38-17-5-8-25(26-19-23(34)10-12-28(26)38)30(31(35)39)21-13-15-36-16-14-21;/h3-4,6-7,9-12,18-19,21,25,30,36H,5,8,13-17H2,1-2H3,(H2,35,39)(H,37,40);1H. The molecule has 228 valence electrons. The van der Waals surface area contributed by atoms with Crippen molar-refractivity contribution >= 4 is 53.1 Å². The normalized spacial score (nSPS) is 17.6. The van der Waals surface area contributed by atoms with Crippen LogP contribution in [0.5, 0.6) is 5.75 Å². The van der Waals surface area contributed by atoms with Crippen molar-refractivity contribution in [2.45, 2.75) is 38.5 Å². The number of aryl methyl sites for hydroxylation is 1. The van der Waals surface area contributed by atoms with Crippen LogP contribution in [0.3, 0.4) is 0 Å². The molecule has 1 saturated heterocycles. The zero-order chi connectivity index (χ0) is 29.8. The van der Waals surface area contributed by atoms with Crippen molar-refractivity contribution in [1.29, 1.82) is 0 Å². The number of anilines is 2. The molecule has 3 aromatic carbocycles. The molecule has 10 heteroatoms. The first-order valence-electron chi connectivity index (χ1n) is 14.4. The molecule has 2 unspecified atom stereocenters. The molecule has 4 N–H and O–H groups in total. The Morgan fingerprint density at radius 3 is 2.49 bits per heavy atom. The molecule has 8 nitrogen and oxygen atoms in total. The molecule has 5 rings (SSSR count). The minimum absolute atomic E-state index is 0. The van der Waals surface area contributed by atoms with Gasteiger partial charge in [-0.3, -0.25) is 14.4 Å². The molecule has 1 fully saturated rings. The number of nitrogens with zero attached hydrogens (tertiary/aromatic N) is 1. The first kappa shape index (κ1) is 32.3. The summed E-state index contributed by atoms with van der Waals surface area (Å²) >= 11 is 6.48. The Balaban J connectivity index is 0.00000423. The lowest BCUT2D eigenvalue weighted by Gasteiger charge is -2.35. The highest BCUT2D eigenvalue weighted by molar-refractivity contribution is 6.30. The summed E-state index contributed by atoms with van der Waals surface area (Å²) < 4.78 is 5.58. The summed E-state index contributed by atoms with van der Waals surface area (Å²) in [6.45, 7) is 4.08. The summed E-state index contributed by atoms with van der Waals surface area (Å²) in [5.41, 5.74) is 9.97. The number of carbonyl (C=O) groups is 3. The maximum absolute atomic E-state index is 14.0. The fourth-order valence-corrected chi connectivity index (χ4v) is 6.64. The number of primary amides is 1. The van der Waals surface area contributed by atoms with Crippen LogP contribution in [-0.4, -0.2) is 44.5 Å². The molecule has 3 aromatic rings. The van der Waals surface area contributed by atoms with Gasteiger partial charge >= 0.3 is 0 Å². The summed E-state index contributed by atoms with van der Waals surface area (Å²) in [7, 11) is 1.51. The van der Waals surface area contributed by atoms with Crippen LogP contribution >= 0.6 is 24.0 Å². The zero-order valence-corrected chi connectivity index (χ0v) is 26.0. The highest BCUT2D eigenvalue weighted by atomic mass is 35.5. The smallest absolute Gasteiger partial charge is 0.258 e. The highest BCUT2D eigenvalue weighted by Crippen LogP contribution is 2.44. The van der Waals surface area contributed by atoms with Crippen molar-refractivity contribution in [2.75, 3.05) is 37.0 Å². The van der Waals surface area contributed by atoms with Crippen LogP contribution in [0.1, 0.15) is 63.4 Å². The SMILES string of the molecule is COc1cc(C(=O)N2CCCC(C(C(N)=O)C3CCNCC3)c3cc(Cl)ccc32)ccc1NC(=O)c1ccccc1C.Cl. The molecule has 0 bridgehead atoms. The number of nitrogens with two attached hydrogens (primary N) is 1. The van der Waals surface area contributed by atoms with E-state index in [1.807, 2.05) is 37.3 Å². The Kier molecular flexibility index (Phi) is 10.7. The number of ether oxygens (including phenoxy) is 1. The number of hydrogen-bond donors (Lipinski definition) is 3. The van der Waals surface area contributed by atoms with Gasteiger partial charge in [-0.25, -0.2) is 0 Å². The van der Waals surface area contributed by atoms with E-state index in [4.69, 9.17) is 22.1 Å². The molecule has 2 atom stereocenters. The predicted molar refractivity (Wildman–Crippen MR) is 173 cm³/mol. The van der Waals surface area contributed by atoms with Crippen molar-refractivity contribution in [1.82, 2.24) is 5.32 Å². The van der Waals surface area contributed by atoms with Gasteiger partial charge in [0.1, 0.15) is 5.75 Å². The quantitative estimate of drug-likeness (QED) is 0.300. The minimum Gasteiger partial charge on any atom is -0.495 e. The van der Waals surface area contributed by atoms with Crippen LogP contribution < -0.4 is 26.0 Å². The zero-order valence-electron chi connectivity index (χ0n) is 24.4.